The second-order valence-electron chi connectivity index (χ2n) is 11.7. The van der Waals surface area contributed by atoms with E-state index in [-0.39, 0.29) is 23.6 Å². The number of amides is 2. The number of aldehydes is 1. The molecule has 9 heteroatoms. The summed E-state index contributed by atoms with van der Waals surface area (Å²) in [6.07, 6.45) is 6.55. The van der Waals surface area contributed by atoms with Crippen LogP contribution >= 0.6 is 0 Å². The molecule has 44 heavy (non-hydrogen) atoms. The molecule has 1 fully saturated rings. The van der Waals surface area contributed by atoms with Crippen LogP contribution in [0.1, 0.15) is 76.8 Å². The third kappa shape index (κ3) is 13.2. The summed E-state index contributed by atoms with van der Waals surface area (Å²) in [5.41, 5.74) is 1.31. The lowest BCUT2D eigenvalue weighted by Crippen LogP contribution is -2.57. The number of likely N-dealkylation sites (N-methyl/N-ethyl adjacent to an activating group) is 1. The first-order valence-electron chi connectivity index (χ1n) is 15.5. The number of nitrogens with zero attached hydrogens (tertiary/aromatic N) is 1. The smallest absolute Gasteiger partial charge is 0.306 e. The van der Waals surface area contributed by atoms with Crippen molar-refractivity contribution in [2.45, 2.75) is 90.3 Å². The third-order valence-corrected chi connectivity index (χ3v) is 7.82. The van der Waals surface area contributed by atoms with Gasteiger partial charge in [-0.05, 0) is 64.6 Å². The van der Waals surface area contributed by atoms with E-state index >= 15 is 0 Å². The van der Waals surface area contributed by atoms with Crippen LogP contribution in [0.25, 0.3) is 0 Å². The lowest BCUT2D eigenvalue weighted by atomic mass is 9.99. The van der Waals surface area contributed by atoms with Gasteiger partial charge in [-0.15, -0.1) is 0 Å². The minimum atomic E-state index is -0.708. The minimum absolute atomic E-state index is 0.0200. The van der Waals surface area contributed by atoms with Gasteiger partial charge in [-0.2, -0.15) is 0 Å². The third-order valence-electron chi connectivity index (χ3n) is 7.82. The second-order valence-corrected chi connectivity index (χ2v) is 11.7. The standard InChI is InChI=1S/C18H27N3O2.C17H22O4/c1-18(2,19-3)17(23)20-15(13-14-9-5-4-6-10-14)16(22)21-11-7-8-12-21;1-14(19)16(12-18)10-6-3-7-11-17(20)21-13-15-8-4-2-5-9-15/h4-6,9-10,15,19H,7-8,11-13H2,1-3H3,(H,20,23);2,4-5,8-9,12,16H,3,6-7,10-11,13H2,1H3/t15-;16-/m00/s1. The van der Waals surface area contributed by atoms with Crippen molar-refractivity contribution >= 4 is 29.9 Å². The molecule has 2 N–H and O–H groups in total. The highest BCUT2D eigenvalue weighted by Crippen LogP contribution is 2.14. The largest absolute Gasteiger partial charge is 0.461 e. The van der Waals surface area contributed by atoms with Gasteiger partial charge in [0, 0.05) is 25.9 Å². The molecular weight excluding hydrogens is 558 g/mol. The van der Waals surface area contributed by atoms with E-state index in [1.807, 2.05) is 79.4 Å². The molecule has 240 valence electrons. The fraction of sp³-hybridized carbons (Fsp3) is 0.514. The Labute approximate surface area is 262 Å². The summed E-state index contributed by atoms with van der Waals surface area (Å²) in [7, 11) is 1.74. The molecule has 3 rings (SSSR count). The molecule has 0 spiro atoms. The van der Waals surface area contributed by atoms with Gasteiger partial charge < -0.3 is 25.1 Å². The molecule has 0 unspecified atom stereocenters. The van der Waals surface area contributed by atoms with E-state index < -0.39 is 17.5 Å². The Morgan fingerprint density at radius 1 is 0.909 bits per heavy atom. The molecular formula is C35H49N3O6. The predicted molar refractivity (Wildman–Crippen MR) is 171 cm³/mol. The monoisotopic (exact) mass is 607 g/mol. The maximum atomic E-state index is 12.8. The number of likely N-dealkylation sites (tertiary alicyclic amines) is 1. The molecule has 0 saturated carbocycles. The number of carbonyl (C=O) groups excluding carboxylic acids is 5. The molecule has 9 nitrogen and oxygen atoms in total. The molecule has 0 aliphatic carbocycles. The Morgan fingerprint density at radius 2 is 1.50 bits per heavy atom. The Balaban J connectivity index is 0.000000308. The highest BCUT2D eigenvalue weighted by molar-refractivity contribution is 5.92. The number of benzene rings is 2. The highest BCUT2D eigenvalue weighted by Gasteiger charge is 2.32. The van der Waals surface area contributed by atoms with Crippen LogP contribution in [0.3, 0.4) is 0 Å². The Bertz CT molecular complexity index is 1180. The highest BCUT2D eigenvalue weighted by atomic mass is 16.5. The van der Waals surface area contributed by atoms with Gasteiger partial charge in [0.25, 0.3) is 0 Å². The van der Waals surface area contributed by atoms with Crippen molar-refractivity contribution in [3.63, 3.8) is 0 Å². The summed E-state index contributed by atoms with van der Waals surface area (Å²) < 4.78 is 5.17. The number of rotatable bonds is 16. The van der Waals surface area contributed by atoms with E-state index in [9.17, 15) is 24.0 Å². The average Bonchev–Trinajstić information content (AvgIpc) is 3.57. The predicted octanol–water partition coefficient (Wildman–Crippen LogP) is 4.42. The zero-order valence-corrected chi connectivity index (χ0v) is 26.7. The summed E-state index contributed by atoms with van der Waals surface area (Å²) >= 11 is 0. The maximum absolute atomic E-state index is 12.8. The number of nitrogens with one attached hydrogen (secondary N) is 2. The number of carbonyl (C=O) groups is 5. The number of ether oxygens (including phenoxy) is 1. The fourth-order valence-electron chi connectivity index (χ4n) is 4.65. The van der Waals surface area contributed by atoms with E-state index in [0.717, 1.165) is 56.3 Å². The van der Waals surface area contributed by atoms with E-state index in [1.54, 1.807) is 7.05 Å². The molecule has 1 aliphatic heterocycles. The molecule has 1 aliphatic rings. The van der Waals surface area contributed by atoms with Crippen LogP contribution in [0, 0.1) is 5.92 Å². The van der Waals surface area contributed by atoms with Crippen LogP contribution in [-0.4, -0.2) is 66.5 Å². The normalized spacial score (nSPS) is 14.0. The van der Waals surface area contributed by atoms with Gasteiger partial charge in [0.05, 0.1) is 11.5 Å². The quantitative estimate of drug-likeness (QED) is 0.125. The van der Waals surface area contributed by atoms with E-state index in [0.29, 0.717) is 32.2 Å². The zero-order valence-electron chi connectivity index (χ0n) is 26.7. The van der Waals surface area contributed by atoms with Gasteiger partial charge in [0.1, 0.15) is 24.7 Å². The van der Waals surface area contributed by atoms with E-state index in [1.165, 1.54) is 6.92 Å². The van der Waals surface area contributed by atoms with Crippen molar-refractivity contribution in [2.24, 2.45) is 5.92 Å². The van der Waals surface area contributed by atoms with Gasteiger partial charge in [0.2, 0.25) is 11.8 Å². The van der Waals surface area contributed by atoms with Crippen molar-refractivity contribution in [3.8, 4) is 0 Å². The SMILES string of the molecule is CC(=O)[C@H](C=O)CCCCCC(=O)OCc1ccccc1.CNC(C)(C)C(=O)N[C@@H](Cc1ccccc1)C(=O)N1CCCC1. The van der Waals surface area contributed by atoms with Crippen LogP contribution in [0.5, 0.6) is 0 Å². The topological polar surface area (TPSA) is 122 Å². The van der Waals surface area contributed by atoms with Crippen LogP contribution in [0.15, 0.2) is 60.7 Å². The lowest BCUT2D eigenvalue weighted by Gasteiger charge is -2.29. The van der Waals surface area contributed by atoms with Crippen LogP contribution in [0.2, 0.25) is 0 Å². The number of unbranched alkanes of at least 4 members (excludes halogenated alkanes) is 2. The Morgan fingerprint density at radius 3 is 2.05 bits per heavy atom. The number of hydrogen-bond donors (Lipinski definition) is 2. The number of hydrogen-bond acceptors (Lipinski definition) is 7. The molecule has 1 saturated heterocycles. The van der Waals surface area contributed by atoms with Gasteiger partial charge in [-0.25, -0.2) is 0 Å². The summed E-state index contributed by atoms with van der Waals surface area (Å²) in [4.78, 5) is 60.4. The average molecular weight is 608 g/mol. The first-order valence-corrected chi connectivity index (χ1v) is 15.5. The van der Waals surface area contributed by atoms with E-state index in [2.05, 4.69) is 10.6 Å². The van der Waals surface area contributed by atoms with Gasteiger partial charge >= 0.3 is 5.97 Å². The number of ketones is 1. The van der Waals surface area contributed by atoms with E-state index in [4.69, 9.17) is 4.74 Å². The van der Waals surface area contributed by atoms with Crippen LogP contribution in [0.4, 0.5) is 0 Å². The molecule has 0 bridgehead atoms. The molecule has 2 atom stereocenters. The molecule has 0 aromatic heterocycles. The minimum Gasteiger partial charge on any atom is -0.461 e. The van der Waals surface area contributed by atoms with Gasteiger partial charge in [-0.3, -0.25) is 19.2 Å². The fourth-order valence-corrected chi connectivity index (χ4v) is 4.65. The van der Waals surface area contributed by atoms with Crippen LogP contribution < -0.4 is 10.6 Å². The molecule has 0 radical (unpaired) electrons. The summed E-state index contributed by atoms with van der Waals surface area (Å²) in [5, 5.41) is 5.92. The van der Waals surface area contributed by atoms with Crippen molar-refractivity contribution in [2.75, 3.05) is 20.1 Å². The first kappa shape index (κ1) is 36.3. The summed E-state index contributed by atoms with van der Waals surface area (Å²) in [5.74, 6) is -0.931. The van der Waals surface area contributed by atoms with Gasteiger partial charge in [-0.1, -0.05) is 73.5 Å². The maximum Gasteiger partial charge on any atom is 0.306 e. The first-order chi connectivity index (χ1) is 21.1. The molecule has 2 aromatic carbocycles. The van der Waals surface area contributed by atoms with Crippen molar-refractivity contribution in [1.29, 1.82) is 0 Å². The second kappa shape index (κ2) is 19.4. The molecule has 1 heterocycles. The summed E-state index contributed by atoms with van der Waals surface area (Å²) in [6.45, 7) is 6.92. The van der Waals surface area contributed by atoms with Crippen LogP contribution in [-0.2, 0) is 41.7 Å². The Kier molecular flexibility index (Phi) is 16.1. The lowest BCUT2D eigenvalue weighted by molar-refractivity contribution is -0.145. The molecule has 2 aromatic rings. The zero-order chi connectivity index (χ0) is 32.4. The number of Topliss-reactive ketones (excluding diaryl/α,β-unsaturated/α-hetero) is 1. The number of esters is 1. The molecule has 2 amide bonds. The van der Waals surface area contributed by atoms with Crippen molar-refractivity contribution < 1.29 is 28.7 Å². The van der Waals surface area contributed by atoms with Crippen molar-refractivity contribution in [1.82, 2.24) is 15.5 Å². The van der Waals surface area contributed by atoms with Crippen molar-refractivity contribution in [3.05, 3.63) is 71.8 Å². The van der Waals surface area contributed by atoms with Gasteiger partial charge in [0.15, 0.2) is 0 Å². The Hall–Kier alpha value is -3.85. The summed E-state index contributed by atoms with van der Waals surface area (Å²) in [6, 6.07) is 18.8.